The maximum Gasteiger partial charge on any atom is 0.224 e. The third-order valence-electron chi connectivity index (χ3n) is 7.88. The lowest BCUT2D eigenvalue weighted by atomic mass is 9.71. The summed E-state index contributed by atoms with van der Waals surface area (Å²) >= 11 is 0. The van der Waals surface area contributed by atoms with Gasteiger partial charge in [0.25, 0.3) is 0 Å². The number of primary amides is 1. The van der Waals surface area contributed by atoms with Crippen molar-refractivity contribution in [3.63, 3.8) is 0 Å². The first-order chi connectivity index (χ1) is 15.9. The summed E-state index contributed by atoms with van der Waals surface area (Å²) in [7, 11) is 0. The van der Waals surface area contributed by atoms with Crippen molar-refractivity contribution in [1.82, 2.24) is 9.80 Å². The maximum atomic E-state index is 12.8. The average molecular weight is 448 g/mol. The van der Waals surface area contributed by atoms with Gasteiger partial charge in [0.2, 0.25) is 11.8 Å². The Morgan fingerprint density at radius 1 is 1.00 bits per heavy atom. The fourth-order valence-electron chi connectivity index (χ4n) is 5.65. The summed E-state index contributed by atoms with van der Waals surface area (Å²) in [4.78, 5) is 29.1. The van der Waals surface area contributed by atoms with E-state index in [2.05, 4.69) is 60.4 Å². The molecule has 2 aliphatic heterocycles. The Morgan fingerprint density at radius 3 is 2.33 bits per heavy atom. The summed E-state index contributed by atoms with van der Waals surface area (Å²) < 4.78 is 0. The first kappa shape index (κ1) is 23.5. The second-order valence-corrected chi connectivity index (χ2v) is 10.0. The van der Waals surface area contributed by atoms with Crippen molar-refractivity contribution in [1.29, 1.82) is 0 Å². The molecule has 5 heteroatoms. The number of benzene rings is 2. The molecule has 0 aliphatic carbocycles. The van der Waals surface area contributed by atoms with Crippen molar-refractivity contribution in [3.05, 3.63) is 70.8 Å². The Labute approximate surface area is 197 Å². The van der Waals surface area contributed by atoms with Crippen LogP contribution in [0, 0.1) is 12.3 Å². The molecule has 2 fully saturated rings. The van der Waals surface area contributed by atoms with E-state index in [0.29, 0.717) is 12.3 Å². The quantitative estimate of drug-likeness (QED) is 0.727. The molecule has 0 radical (unpaired) electrons. The van der Waals surface area contributed by atoms with Crippen molar-refractivity contribution < 1.29 is 9.59 Å². The third-order valence-corrected chi connectivity index (χ3v) is 7.88. The van der Waals surface area contributed by atoms with Gasteiger partial charge >= 0.3 is 0 Å². The number of carbonyl (C=O) groups is 2. The van der Waals surface area contributed by atoms with E-state index in [1.165, 1.54) is 22.3 Å². The summed E-state index contributed by atoms with van der Waals surface area (Å²) in [5.41, 5.74) is 10.7. The molecule has 2 amide bonds. The highest BCUT2D eigenvalue weighted by Crippen LogP contribution is 2.39. The highest BCUT2D eigenvalue weighted by atomic mass is 16.2. The van der Waals surface area contributed by atoms with Crippen LogP contribution in [0.1, 0.15) is 60.8 Å². The first-order valence-corrected chi connectivity index (χ1v) is 12.3. The summed E-state index contributed by atoms with van der Waals surface area (Å²) in [6.45, 7) is 8.09. The predicted octanol–water partition coefficient (Wildman–Crippen LogP) is 4.03. The largest absolute Gasteiger partial charge is 0.369 e. The van der Waals surface area contributed by atoms with Gasteiger partial charge in [0.1, 0.15) is 0 Å². The Morgan fingerprint density at radius 2 is 1.67 bits per heavy atom. The van der Waals surface area contributed by atoms with Gasteiger partial charge in [-0.2, -0.15) is 0 Å². The van der Waals surface area contributed by atoms with Crippen LogP contribution in [0.5, 0.6) is 0 Å². The summed E-state index contributed by atoms with van der Waals surface area (Å²) in [6.07, 6.45) is 4.36. The fourth-order valence-corrected chi connectivity index (χ4v) is 5.65. The number of aryl methyl sites for hydroxylation is 1. The van der Waals surface area contributed by atoms with Crippen LogP contribution >= 0.6 is 0 Å². The van der Waals surface area contributed by atoms with Crippen LogP contribution in [-0.2, 0) is 22.6 Å². The third kappa shape index (κ3) is 5.30. The molecule has 0 spiro atoms. The molecule has 0 aromatic heterocycles. The summed E-state index contributed by atoms with van der Waals surface area (Å²) in [6, 6.07) is 17.0. The molecule has 2 aromatic rings. The van der Waals surface area contributed by atoms with Crippen molar-refractivity contribution in [2.75, 3.05) is 26.2 Å². The Bertz CT molecular complexity index is 994. The minimum absolute atomic E-state index is 0.145. The molecule has 33 heavy (non-hydrogen) atoms. The molecule has 2 aliphatic rings. The van der Waals surface area contributed by atoms with Gasteiger partial charge in [-0.1, -0.05) is 48.5 Å². The molecular formula is C28H37N3O2. The number of likely N-dealkylation sites (tertiary alicyclic amines) is 2. The zero-order chi connectivity index (χ0) is 23.4. The van der Waals surface area contributed by atoms with E-state index in [-0.39, 0.29) is 11.8 Å². The molecule has 176 valence electrons. The second kappa shape index (κ2) is 10.1. The van der Waals surface area contributed by atoms with Crippen LogP contribution in [0.4, 0.5) is 0 Å². The highest BCUT2D eigenvalue weighted by Gasteiger charge is 2.40. The van der Waals surface area contributed by atoms with E-state index in [1.807, 2.05) is 4.90 Å². The van der Waals surface area contributed by atoms with Crippen molar-refractivity contribution in [3.8, 4) is 0 Å². The number of carbonyl (C=O) groups excluding carboxylic acids is 2. The molecule has 5 nitrogen and oxygen atoms in total. The van der Waals surface area contributed by atoms with Crippen LogP contribution in [0.3, 0.4) is 0 Å². The smallest absolute Gasteiger partial charge is 0.224 e. The molecule has 0 bridgehead atoms. The number of nitrogens with zero attached hydrogens (tertiary/aromatic N) is 2. The minimum Gasteiger partial charge on any atom is -0.369 e. The Hall–Kier alpha value is -2.66. The topological polar surface area (TPSA) is 66.6 Å². The van der Waals surface area contributed by atoms with Crippen LogP contribution < -0.4 is 5.73 Å². The van der Waals surface area contributed by atoms with Crippen LogP contribution in [0.25, 0.3) is 0 Å². The normalized spacial score (nSPS) is 21.0. The molecule has 1 atom stereocenters. The average Bonchev–Trinajstić information content (AvgIpc) is 2.82. The fraction of sp³-hybridized carbons (Fsp3) is 0.500. The van der Waals surface area contributed by atoms with E-state index in [4.69, 9.17) is 5.73 Å². The predicted molar refractivity (Wildman–Crippen MR) is 132 cm³/mol. The number of hydrogen-bond acceptors (Lipinski definition) is 3. The molecule has 2 N–H and O–H groups in total. The molecule has 0 saturated carbocycles. The molecule has 2 saturated heterocycles. The SMILES string of the molecule is CC(=O)N1CCC[C@H](c2ccccc2CC2(C(N)=O)CCN(Cc3ccccc3C)CC2)C1. The lowest BCUT2D eigenvalue weighted by molar-refractivity contribution is -0.130. The standard InChI is InChI=1S/C28H37N3O2/c1-21-8-3-4-10-24(21)19-30-16-13-28(14-17-30,27(29)33)18-23-9-5-6-12-26(23)25-11-7-15-31(20-25)22(2)32/h3-6,8-10,12,25H,7,11,13-20H2,1-2H3,(H2,29,33)/t25-/m0/s1. The van der Waals surface area contributed by atoms with Gasteiger partial charge < -0.3 is 10.6 Å². The Balaban J connectivity index is 1.49. The van der Waals surface area contributed by atoms with Gasteiger partial charge in [-0.3, -0.25) is 14.5 Å². The summed E-state index contributed by atoms with van der Waals surface area (Å²) in [5.74, 6) is 0.290. The van der Waals surface area contributed by atoms with Gasteiger partial charge in [0.05, 0.1) is 5.41 Å². The lowest BCUT2D eigenvalue weighted by Crippen LogP contribution is -2.48. The molecular weight excluding hydrogens is 410 g/mol. The van der Waals surface area contributed by atoms with E-state index < -0.39 is 5.41 Å². The van der Waals surface area contributed by atoms with E-state index in [1.54, 1.807) is 6.92 Å². The van der Waals surface area contributed by atoms with Gasteiger partial charge in [-0.25, -0.2) is 0 Å². The molecule has 2 aromatic carbocycles. The number of nitrogens with two attached hydrogens (primary N) is 1. The second-order valence-electron chi connectivity index (χ2n) is 10.0. The van der Waals surface area contributed by atoms with Crippen LogP contribution in [-0.4, -0.2) is 47.8 Å². The van der Waals surface area contributed by atoms with Crippen molar-refractivity contribution >= 4 is 11.8 Å². The van der Waals surface area contributed by atoms with Crippen molar-refractivity contribution in [2.24, 2.45) is 11.1 Å². The van der Waals surface area contributed by atoms with Gasteiger partial charge in [-0.15, -0.1) is 0 Å². The van der Waals surface area contributed by atoms with Crippen LogP contribution in [0.2, 0.25) is 0 Å². The zero-order valence-corrected chi connectivity index (χ0v) is 20.1. The molecule has 2 heterocycles. The van der Waals surface area contributed by atoms with Crippen LogP contribution in [0.15, 0.2) is 48.5 Å². The van der Waals surface area contributed by atoms with E-state index in [9.17, 15) is 9.59 Å². The number of rotatable bonds is 6. The summed E-state index contributed by atoms with van der Waals surface area (Å²) in [5, 5.41) is 0. The zero-order valence-electron chi connectivity index (χ0n) is 20.1. The number of amides is 2. The Kier molecular flexibility index (Phi) is 7.18. The van der Waals surface area contributed by atoms with Gasteiger partial charge in [0.15, 0.2) is 0 Å². The van der Waals surface area contributed by atoms with Gasteiger partial charge in [-0.05, 0) is 74.4 Å². The highest BCUT2D eigenvalue weighted by molar-refractivity contribution is 5.81. The number of hydrogen-bond donors (Lipinski definition) is 1. The lowest BCUT2D eigenvalue weighted by Gasteiger charge is -2.41. The number of piperidine rings is 2. The first-order valence-electron chi connectivity index (χ1n) is 12.3. The van der Waals surface area contributed by atoms with Gasteiger partial charge in [0, 0.05) is 32.5 Å². The molecule has 0 unspecified atom stereocenters. The minimum atomic E-state index is -0.507. The van der Waals surface area contributed by atoms with Crippen molar-refractivity contribution in [2.45, 2.75) is 58.4 Å². The molecule has 4 rings (SSSR count). The maximum absolute atomic E-state index is 12.8. The van der Waals surface area contributed by atoms with E-state index in [0.717, 1.165) is 58.4 Å². The monoisotopic (exact) mass is 447 g/mol. The van der Waals surface area contributed by atoms with E-state index >= 15 is 0 Å².